The molecule has 6 nitrogen and oxygen atoms in total. The highest BCUT2D eigenvalue weighted by atomic mass is 35.5. The minimum absolute atomic E-state index is 0. The first-order chi connectivity index (χ1) is 12.9. The molecule has 1 heterocycles. The fourth-order valence-corrected chi connectivity index (χ4v) is 3.62. The Hall–Kier alpha value is -2.03. The number of nitrogens with two attached hydrogens (primary N) is 1. The van der Waals surface area contributed by atoms with Crippen LogP contribution in [0.3, 0.4) is 0 Å². The molecule has 8 heteroatoms. The van der Waals surface area contributed by atoms with E-state index in [1.807, 2.05) is 37.3 Å². The zero-order valence-corrected chi connectivity index (χ0v) is 17.1. The van der Waals surface area contributed by atoms with Crippen LogP contribution in [-0.2, 0) is 10.0 Å². The van der Waals surface area contributed by atoms with E-state index in [-0.39, 0.29) is 23.2 Å². The molecule has 0 fully saturated rings. The second-order valence-corrected chi connectivity index (χ2v) is 8.17. The van der Waals surface area contributed by atoms with Crippen molar-refractivity contribution in [3.8, 4) is 0 Å². The molecule has 0 saturated heterocycles. The molecule has 2 atom stereocenters. The second-order valence-electron chi connectivity index (χ2n) is 6.61. The van der Waals surface area contributed by atoms with Crippen molar-refractivity contribution < 1.29 is 13.5 Å². The average Bonchev–Trinajstić information content (AvgIpc) is 2.66. The lowest BCUT2D eigenvalue weighted by Gasteiger charge is -2.17. The molecule has 2 aromatic carbocycles. The SMILES string of the molecule is C[C@H](CNC[C@@H](O)c1ccccc1)c1nccc2cc(S(N)(=O)=O)ccc12.Cl. The van der Waals surface area contributed by atoms with E-state index in [9.17, 15) is 13.5 Å². The summed E-state index contributed by atoms with van der Waals surface area (Å²) < 4.78 is 23.1. The number of aliphatic hydroxyl groups excluding tert-OH is 1. The summed E-state index contributed by atoms with van der Waals surface area (Å²) >= 11 is 0. The highest BCUT2D eigenvalue weighted by Crippen LogP contribution is 2.25. The van der Waals surface area contributed by atoms with Crippen LogP contribution in [0, 0.1) is 0 Å². The van der Waals surface area contributed by atoms with Gasteiger partial charge in [-0.3, -0.25) is 4.98 Å². The third-order valence-corrected chi connectivity index (χ3v) is 5.45. The number of sulfonamides is 1. The van der Waals surface area contributed by atoms with Gasteiger partial charge in [-0.1, -0.05) is 43.3 Å². The summed E-state index contributed by atoms with van der Waals surface area (Å²) in [6.07, 6.45) is 1.09. The third kappa shape index (κ3) is 5.27. The number of hydrogen-bond acceptors (Lipinski definition) is 5. The number of primary sulfonamides is 1. The van der Waals surface area contributed by atoms with Gasteiger partial charge in [0, 0.05) is 30.6 Å². The maximum absolute atomic E-state index is 11.5. The van der Waals surface area contributed by atoms with Gasteiger partial charge in [0.15, 0.2) is 0 Å². The molecule has 0 bridgehead atoms. The largest absolute Gasteiger partial charge is 0.387 e. The Morgan fingerprint density at radius 3 is 2.50 bits per heavy atom. The first-order valence-electron chi connectivity index (χ1n) is 8.71. The highest BCUT2D eigenvalue weighted by Gasteiger charge is 2.15. The van der Waals surface area contributed by atoms with E-state index in [2.05, 4.69) is 10.3 Å². The van der Waals surface area contributed by atoms with Crippen LogP contribution >= 0.6 is 12.4 Å². The van der Waals surface area contributed by atoms with Crippen LogP contribution in [-0.4, -0.2) is 31.6 Å². The molecule has 0 aliphatic heterocycles. The van der Waals surface area contributed by atoms with Gasteiger partial charge < -0.3 is 10.4 Å². The van der Waals surface area contributed by atoms with Gasteiger partial charge in [-0.05, 0) is 29.1 Å². The maximum atomic E-state index is 11.5. The van der Waals surface area contributed by atoms with Crippen molar-refractivity contribution in [2.45, 2.75) is 23.8 Å². The molecule has 150 valence electrons. The van der Waals surface area contributed by atoms with Gasteiger partial charge in [0.05, 0.1) is 16.7 Å². The monoisotopic (exact) mass is 421 g/mol. The molecule has 0 spiro atoms. The number of aromatic nitrogens is 1. The van der Waals surface area contributed by atoms with Crippen LogP contribution < -0.4 is 10.5 Å². The summed E-state index contributed by atoms with van der Waals surface area (Å²) in [7, 11) is -3.74. The number of halogens is 1. The molecule has 3 aromatic rings. The van der Waals surface area contributed by atoms with E-state index in [0.29, 0.717) is 13.1 Å². The van der Waals surface area contributed by atoms with E-state index in [1.165, 1.54) is 6.07 Å². The summed E-state index contributed by atoms with van der Waals surface area (Å²) in [5.41, 5.74) is 1.74. The van der Waals surface area contributed by atoms with Gasteiger partial charge >= 0.3 is 0 Å². The van der Waals surface area contributed by atoms with Crippen LogP contribution in [0.2, 0.25) is 0 Å². The number of nitrogens with one attached hydrogen (secondary N) is 1. The standard InChI is InChI=1S/C20H23N3O3S.ClH/c1-14(12-22-13-19(24)15-5-3-2-4-6-15)20-18-8-7-17(27(21,25)26)11-16(18)9-10-23-20;/h2-11,14,19,22,24H,12-13H2,1H3,(H2,21,25,26);1H/t14-,19-;/m1./s1. The van der Waals surface area contributed by atoms with Gasteiger partial charge in [0.25, 0.3) is 0 Å². The highest BCUT2D eigenvalue weighted by molar-refractivity contribution is 7.89. The van der Waals surface area contributed by atoms with E-state index < -0.39 is 16.1 Å². The predicted molar refractivity (Wildman–Crippen MR) is 113 cm³/mol. The van der Waals surface area contributed by atoms with Crippen molar-refractivity contribution >= 4 is 33.2 Å². The van der Waals surface area contributed by atoms with Gasteiger partial charge in [-0.2, -0.15) is 0 Å². The molecule has 0 saturated carbocycles. The van der Waals surface area contributed by atoms with Crippen LogP contribution in [0.15, 0.2) is 65.7 Å². The molecular formula is C20H24ClN3O3S. The quantitative estimate of drug-likeness (QED) is 0.544. The van der Waals surface area contributed by atoms with Crippen molar-refractivity contribution in [1.82, 2.24) is 10.3 Å². The lowest BCUT2D eigenvalue weighted by atomic mass is 10.0. The Morgan fingerprint density at radius 2 is 1.82 bits per heavy atom. The summed E-state index contributed by atoms with van der Waals surface area (Å²) in [6.45, 7) is 3.11. The van der Waals surface area contributed by atoms with Crippen molar-refractivity contribution in [3.63, 3.8) is 0 Å². The van der Waals surface area contributed by atoms with Crippen LogP contribution in [0.1, 0.15) is 30.2 Å². The number of pyridine rings is 1. The molecule has 0 amide bonds. The number of fused-ring (bicyclic) bond motifs is 1. The normalized spacial score (nSPS) is 13.7. The number of benzene rings is 2. The lowest BCUT2D eigenvalue weighted by Crippen LogP contribution is -2.26. The average molecular weight is 422 g/mol. The third-order valence-electron chi connectivity index (χ3n) is 4.53. The lowest BCUT2D eigenvalue weighted by molar-refractivity contribution is 0.174. The smallest absolute Gasteiger partial charge is 0.238 e. The number of aliphatic hydroxyl groups is 1. The number of rotatable bonds is 7. The Bertz CT molecular complexity index is 1030. The maximum Gasteiger partial charge on any atom is 0.238 e. The van der Waals surface area contributed by atoms with Gasteiger partial charge in [-0.25, -0.2) is 13.6 Å². The molecular weight excluding hydrogens is 398 g/mol. The molecule has 28 heavy (non-hydrogen) atoms. The van der Waals surface area contributed by atoms with Crippen molar-refractivity contribution in [2.24, 2.45) is 5.14 Å². The summed E-state index contributed by atoms with van der Waals surface area (Å²) in [6, 6.07) is 16.1. The van der Waals surface area contributed by atoms with Crippen molar-refractivity contribution in [2.75, 3.05) is 13.1 Å². The summed E-state index contributed by atoms with van der Waals surface area (Å²) in [5.74, 6) is 0.0806. The number of hydrogen-bond donors (Lipinski definition) is 3. The predicted octanol–water partition coefficient (Wildman–Crippen LogP) is 2.73. The summed E-state index contributed by atoms with van der Waals surface area (Å²) in [4.78, 5) is 4.56. The molecule has 0 unspecified atom stereocenters. The fourth-order valence-electron chi connectivity index (χ4n) is 3.08. The minimum Gasteiger partial charge on any atom is -0.387 e. The zero-order valence-electron chi connectivity index (χ0n) is 15.4. The van der Waals surface area contributed by atoms with Gasteiger partial charge in [0.1, 0.15) is 0 Å². The second kappa shape index (κ2) is 9.45. The first kappa shape index (κ1) is 22.3. The fraction of sp³-hybridized carbons (Fsp3) is 0.250. The Morgan fingerprint density at radius 1 is 1.11 bits per heavy atom. The van der Waals surface area contributed by atoms with Crippen LogP contribution in [0.5, 0.6) is 0 Å². The molecule has 0 radical (unpaired) electrons. The topological polar surface area (TPSA) is 105 Å². The summed E-state index contributed by atoms with van der Waals surface area (Å²) in [5, 5.41) is 20.4. The van der Waals surface area contributed by atoms with Crippen LogP contribution in [0.25, 0.3) is 10.8 Å². The van der Waals surface area contributed by atoms with E-state index in [4.69, 9.17) is 5.14 Å². The van der Waals surface area contributed by atoms with E-state index in [1.54, 1.807) is 24.4 Å². The van der Waals surface area contributed by atoms with Gasteiger partial charge in [0.2, 0.25) is 10.0 Å². The number of nitrogens with zero attached hydrogens (tertiary/aromatic N) is 1. The molecule has 1 aromatic heterocycles. The van der Waals surface area contributed by atoms with E-state index >= 15 is 0 Å². The van der Waals surface area contributed by atoms with Crippen LogP contribution in [0.4, 0.5) is 0 Å². The first-order valence-corrected chi connectivity index (χ1v) is 10.3. The minimum atomic E-state index is -3.74. The Balaban J connectivity index is 0.00000280. The molecule has 0 aliphatic rings. The van der Waals surface area contributed by atoms with Gasteiger partial charge in [-0.15, -0.1) is 12.4 Å². The van der Waals surface area contributed by atoms with E-state index in [0.717, 1.165) is 22.0 Å². The molecule has 4 N–H and O–H groups in total. The van der Waals surface area contributed by atoms with Crippen molar-refractivity contribution in [3.05, 3.63) is 72.1 Å². The Labute approximate surface area is 171 Å². The molecule has 3 rings (SSSR count). The Kier molecular flexibility index (Phi) is 7.51. The molecule has 0 aliphatic carbocycles. The van der Waals surface area contributed by atoms with Crippen molar-refractivity contribution in [1.29, 1.82) is 0 Å². The zero-order chi connectivity index (χ0) is 19.4.